The third-order valence-electron chi connectivity index (χ3n) is 3.08. The SMILES string of the molecule is CC1SCCCC1(O)C1CC1. The summed E-state index contributed by atoms with van der Waals surface area (Å²) < 4.78 is 0. The largest absolute Gasteiger partial charge is 0.388 e. The predicted octanol–water partition coefficient (Wildman–Crippen LogP) is 2.04. The van der Waals surface area contributed by atoms with Crippen LogP contribution >= 0.6 is 11.8 Å². The molecular formula is C9H16OS. The van der Waals surface area contributed by atoms with Crippen LogP contribution in [0.2, 0.25) is 0 Å². The summed E-state index contributed by atoms with van der Waals surface area (Å²) in [6.07, 6.45) is 4.79. The fourth-order valence-electron chi connectivity index (χ4n) is 2.08. The first-order valence-electron chi connectivity index (χ1n) is 4.57. The zero-order valence-electron chi connectivity index (χ0n) is 7.05. The molecule has 1 saturated heterocycles. The lowest BCUT2D eigenvalue weighted by atomic mass is 9.89. The van der Waals surface area contributed by atoms with Crippen molar-refractivity contribution in [3.05, 3.63) is 0 Å². The lowest BCUT2D eigenvalue weighted by Gasteiger charge is -2.38. The van der Waals surface area contributed by atoms with Crippen molar-refractivity contribution in [3.63, 3.8) is 0 Å². The van der Waals surface area contributed by atoms with Crippen LogP contribution in [-0.2, 0) is 0 Å². The second kappa shape index (κ2) is 2.67. The molecule has 0 aromatic heterocycles. The van der Waals surface area contributed by atoms with Gasteiger partial charge in [-0.1, -0.05) is 6.92 Å². The van der Waals surface area contributed by atoms with Crippen LogP contribution in [0.1, 0.15) is 32.6 Å². The van der Waals surface area contributed by atoms with Crippen LogP contribution in [0, 0.1) is 5.92 Å². The Morgan fingerprint density at radius 3 is 2.73 bits per heavy atom. The molecule has 11 heavy (non-hydrogen) atoms. The molecule has 1 saturated carbocycles. The van der Waals surface area contributed by atoms with Crippen molar-refractivity contribution in [2.24, 2.45) is 5.92 Å². The average Bonchev–Trinajstić information content (AvgIpc) is 2.77. The van der Waals surface area contributed by atoms with Crippen LogP contribution in [0.5, 0.6) is 0 Å². The Balaban J connectivity index is 2.06. The highest BCUT2D eigenvalue weighted by atomic mass is 32.2. The maximum atomic E-state index is 10.3. The van der Waals surface area contributed by atoms with Crippen LogP contribution in [0.3, 0.4) is 0 Å². The molecule has 64 valence electrons. The molecule has 1 heterocycles. The lowest BCUT2D eigenvalue weighted by Crippen LogP contribution is -2.43. The van der Waals surface area contributed by atoms with Gasteiger partial charge in [0.25, 0.3) is 0 Å². The Labute approximate surface area is 72.6 Å². The average molecular weight is 172 g/mol. The minimum Gasteiger partial charge on any atom is -0.388 e. The van der Waals surface area contributed by atoms with Gasteiger partial charge in [-0.2, -0.15) is 11.8 Å². The summed E-state index contributed by atoms with van der Waals surface area (Å²) in [5.74, 6) is 1.89. The van der Waals surface area contributed by atoms with E-state index in [-0.39, 0.29) is 5.60 Å². The second-order valence-electron chi connectivity index (χ2n) is 3.88. The van der Waals surface area contributed by atoms with Crippen molar-refractivity contribution >= 4 is 11.8 Å². The molecule has 2 atom stereocenters. The second-order valence-corrected chi connectivity index (χ2v) is 5.33. The van der Waals surface area contributed by atoms with Crippen LogP contribution in [0.15, 0.2) is 0 Å². The minimum absolute atomic E-state index is 0.289. The zero-order chi connectivity index (χ0) is 7.90. The Morgan fingerprint density at radius 2 is 2.18 bits per heavy atom. The van der Waals surface area contributed by atoms with Crippen molar-refractivity contribution in [2.45, 2.75) is 43.5 Å². The summed E-state index contributed by atoms with van der Waals surface area (Å²) in [6.45, 7) is 2.18. The number of hydrogen-bond acceptors (Lipinski definition) is 2. The maximum absolute atomic E-state index is 10.3. The van der Waals surface area contributed by atoms with Gasteiger partial charge in [0, 0.05) is 5.25 Å². The molecule has 0 bridgehead atoms. The molecule has 0 aromatic rings. The number of hydrogen-bond donors (Lipinski definition) is 1. The zero-order valence-corrected chi connectivity index (χ0v) is 7.86. The molecule has 2 fully saturated rings. The van der Waals surface area contributed by atoms with Crippen LogP contribution in [0.4, 0.5) is 0 Å². The van der Waals surface area contributed by atoms with Gasteiger partial charge in [-0.05, 0) is 37.4 Å². The van der Waals surface area contributed by atoms with E-state index in [2.05, 4.69) is 6.92 Å². The fraction of sp³-hybridized carbons (Fsp3) is 1.00. The normalized spacial score (nSPS) is 45.8. The van der Waals surface area contributed by atoms with Crippen LogP contribution in [0.25, 0.3) is 0 Å². The van der Waals surface area contributed by atoms with Crippen molar-refractivity contribution in [1.82, 2.24) is 0 Å². The Kier molecular flexibility index (Phi) is 1.92. The third kappa shape index (κ3) is 1.31. The number of aliphatic hydroxyl groups is 1. The highest BCUT2D eigenvalue weighted by Crippen LogP contribution is 2.49. The summed E-state index contributed by atoms with van der Waals surface area (Å²) >= 11 is 1.94. The third-order valence-corrected chi connectivity index (χ3v) is 4.51. The predicted molar refractivity (Wildman–Crippen MR) is 48.8 cm³/mol. The van der Waals surface area contributed by atoms with E-state index >= 15 is 0 Å². The van der Waals surface area contributed by atoms with E-state index in [1.165, 1.54) is 25.0 Å². The van der Waals surface area contributed by atoms with Gasteiger partial charge in [0.15, 0.2) is 0 Å². The molecule has 2 rings (SSSR count). The Bertz CT molecular complexity index is 156. The Hall–Kier alpha value is 0.310. The summed E-state index contributed by atoms with van der Waals surface area (Å²) in [5, 5.41) is 10.7. The molecule has 0 radical (unpaired) electrons. The van der Waals surface area contributed by atoms with Crippen LogP contribution in [-0.4, -0.2) is 21.7 Å². The summed E-state index contributed by atoms with van der Waals surface area (Å²) in [4.78, 5) is 0. The molecule has 2 heteroatoms. The molecule has 0 aromatic carbocycles. The van der Waals surface area contributed by atoms with E-state index in [9.17, 15) is 5.11 Å². The molecule has 0 spiro atoms. The fourth-order valence-corrected chi connectivity index (χ4v) is 3.35. The van der Waals surface area contributed by atoms with Gasteiger partial charge < -0.3 is 5.11 Å². The quantitative estimate of drug-likeness (QED) is 0.653. The molecule has 1 aliphatic carbocycles. The molecule has 1 nitrogen and oxygen atoms in total. The molecule has 1 aliphatic heterocycles. The van der Waals surface area contributed by atoms with Gasteiger partial charge in [0.1, 0.15) is 0 Å². The summed E-state index contributed by atoms with van der Waals surface area (Å²) in [6, 6.07) is 0. The monoisotopic (exact) mass is 172 g/mol. The maximum Gasteiger partial charge on any atom is 0.0791 e. The standard InChI is InChI=1S/C9H16OS/c1-7-9(10,8-3-4-8)5-2-6-11-7/h7-8,10H,2-6H2,1H3. The van der Waals surface area contributed by atoms with Gasteiger partial charge in [-0.15, -0.1) is 0 Å². The molecule has 2 unspecified atom stereocenters. The van der Waals surface area contributed by atoms with E-state index in [0.717, 1.165) is 6.42 Å². The van der Waals surface area contributed by atoms with Gasteiger partial charge in [0.05, 0.1) is 5.60 Å². The van der Waals surface area contributed by atoms with Crippen LogP contribution < -0.4 is 0 Å². The number of rotatable bonds is 1. The van der Waals surface area contributed by atoms with E-state index in [0.29, 0.717) is 11.2 Å². The summed E-state index contributed by atoms with van der Waals surface area (Å²) in [7, 11) is 0. The first-order chi connectivity index (χ1) is 5.23. The topological polar surface area (TPSA) is 20.2 Å². The lowest BCUT2D eigenvalue weighted by molar-refractivity contribution is 0.00730. The highest BCUT2D eigenvalue weighted by molar-refractivity contribution is 8.00. The van der Waals surface area contributed by atoms with E-state index in [1.54, 1.807) is 0 Å². The Morgan fingerprint density at radius 1 is 1.45 bits per heavy atom. The van der Waals surface area contributed by atoms with Gasteiger partial charge >= 0.3 is 0 Å². The van der Waals surface area contributed by atoms with E-state index < -0.39 is 0 Å². The molecule has 2 aliphatic rings. The minimum atomic E-state index is -0.289. The van der Waals surface area contributed by atoms with Gasteiger partial charge in [-0.3, -0.25) is 0 Å². The van der Waals surface area contributed by atoms with Crippen molar-refractivity contribution < 1.29 is 5.11 Å². The first kappa shape index (κ1) is 7.93. The van der Waals surface area contributed by atoms with E-state index in [4.69, 9.17) is 0 Å². The van der Waals surface area contributed by atoms with Crippen molar-refractivity contribution in [2.75, 3.05) is 5.75 Å². The number of thioether (sulfide) groups is 1. The smallest absolute Gasteiger partial charge is 0.0791 e. The van der Waals surface area contributed by atoms with Gasteiger partial charge in [-0.25, -0.2) is 0 Å². The molecule has 0 amide bonds. The van der Waals surface area contributed by atoms with E-state index in [1.807, 2.05) is 11.8 Å². The van der Waals surface area contributed by atoms with Crippen molar-refractivity contribution in [1.29, 1.82) is 0 Å². The molecular weight excluding hydrogens is 156 g/mol. The first-order valence-corrected chi connectivity index (χ1v) is 5.62. The molecule has 1 N–H and O–H groups in total. The van der Waals surface area contributed by atoms with Gasteiger partial charge in [0.2, 0.25) is 0 Å². The van der Waals surface area contributed by atoms with Crippen molar-refractivity contribution in [3.8, 4) is 0 Å². The highest BCUT2D eigenvalue weighted by Gasteiger charge is 2.48. The summed E-state index contributed by atoms with van der Waals surface area (Å²) in [5.41, 5.74) is -0.289.